The van der Waals surface area contributed by atoms with Crippen LogP contribution in [0.5, 0.6) is 0 Å². The van der Waals surface area contributed by atoms with Crippen molar-refractivity contribution < 1.29 is 22.4 Å². The lowest BCUT2D eigenvalue weighted by Crippen LogP contribution is -2.42. The Labute approximate surface area is 176 Å². The van der Waals surface area contributed by atoms with Gasteiger partial charge in [0.25, 0.3) is 0 Å². The smallest absolute Gasteiger partial charge is 0.243 e. The van der Waals surface area contributed by atoms with Crippen LogP contribution in [0.2, 0.25) is 0 Å². The molecule has 1 N–H and O–H groups in total. The van der Waals surface area contributed by atoms with Crippen LogP contribution in [0, 0.1) is 18.7 Å². The molecule has 1 heterocycles. The number of ketones is 1. The monoisotopic (exact) mass is 432 g/mol. The average Bonchev–Trinajstić information content (AvgIpc) is 2.74. The van der Waals surface area contributed by atoms with Crippen molar-refractivity contribution in [1.29, 1.82) is 0 Å². The lowest BCUT2D eigenvalue weighted by molar-refractivity contribution is -0.126. The highest BCUT2D eigenvalue weighted by Gasteiger charge is 2.32. The van der Waals surface area contributed by atoms with Crippen molar-refractivity contribution in [3.63, 3.8) is 0 Å². The Morgan fingerprint density at radius 1 is 1.10 bits per heavy atom. The summed E-state index contributed by atoms with van der Waals surface area (Å²) in [5, 5.41) is 2.81. The molecule has 2 aromatic rings. The number of aryl methyl sites for hydroxylation is 1. The molecule has 3 rings (SSSR count). The second kappa shape index (κ2) is 9.06. The molecule has 8 heteroatoms. The number of hydrogen-bond donors (Lipinski definition) is 1. The first kappa shape index (κ1) is 22.1. The number of sulfonamides is 1. The Balaban J connectivity index is 1.56. The van der Waals surface area contributed by atoms with Gasteiger partial charge in [-0.2, -0.15) is 4.31 Å². The maximum Gasteiger partial charge on any atom is 0.243 e. The standard InChI is InChI=1S/C22H25FN2O4S/c1-15-3-4-17(13-21(15)23)14-24-22(27)19-9-11-25(12-10-19)30(28,29)20-7-5-18(6-8-20)16(2)26/h3-8,13,19H,9-12,14H2,1-2H3,(H,24,27). The van der Waals surface area contributed by atoms with E-state index in [0.29, 0.717) is 29.5 Å². The van der Waals surface area contributed by atoms with E-state index in [4.69, 9.17) is 0 Å². The molecular weight excluding hydrogens is 407 g/mol. The second-order valence-corrected chi connectivity index (χ2v) is 9.50. The van der Waals surface area contributed by atoms with Gasteiger partial charge in [-0.15, -0.1) is 0 Å². The van der Waals surface area contributed by atoms with Crippen molar-refractivity contribution in [1.82, 2.24) is 9.62 Å². The van der Waals surface area contributed by atoms with Crippen LogP contribution in [-0.2, 0) is 21.4 Å². The molecule has 0 aliphatic carbocycles. The highest BCUT2D eigenvalue weighted by molar-refractivity contribution is 7.89. The van der Waals surface area contributed by atoms with Crippen molar-refractivity contribution >= 4 is 21.7 Å². The van der Waals surface area contributed by atoms with E-state index < -0.39 is 10.0 Å². The summed E-state index contributed by atoms with van der Waals surface area (Å²) in [6.07, 6.45) is 0.831. The Bertz CT molecular complexity index is 1040. The zero-order valence-corrected chi connectivity index (χ0v) is 17.8. The molecule has 0 spiro atoms. The van der Waals surface area contributed by atoms with Crippen LogP contribution in [0.25, 0.3) is 0 Å². The van der Waals surface area contributed by atoms with Gasteiger partial charge in [0.15, 0.2) is 5.78 Å². The molecule has 6 nitrogen and oxygen atoms in total. The van der Waals surface area contributed by atoms with Gasteiger partial charge in [-0.25, -0.2) is 12.8 Å². The first-order chi connectivity index (χ1) is 14.2. The van der Waals surface area contributed by atoms with E-state index in [1.807, 2.05) is 0 Å². The first-order valence-corrected chi connectivity index (χ1v) is 11.3. The number of Topliss-reactive ketones (excluding diaryl/α,β-unsaturated/α-hetero) is 1. The molecule has 1 saturated heterocycles. The minimum atomic E-state index is -3.67. The van der Waals surface area contributed by atoms with Crippen LogP contribution in [0.3, 0.4) is 0 Å². The van der Waals surface area contributed by atoms with Crippen molar-refractivity contribution in [2.24, 2.45) is 5.92 Å². The van der Waals surface area contributed by atoms with E-state index in [2.05, 4.69) is 5.32 Å². The van der Waals surface area contributed by atoms with Crippen molar-refractivity contribution in [3.05, 3.63) is 65.0 Å². The maximum atomic E-state index is 13.6. The molecule has 0 aromatic heterocycles. The third-order valence-electron chi connectivity index (χ3n) is 5.43. The topological polar surface area (TPSA) is 83.6 Å². The second-order valence-electron chi connectivity index (χ2n) is 7.56. The van der Waals surface area contributed by atoms with Gasteiger partial charge in [-0.3, -0.25) is 9.59 Å². The maximum absolute atomic E-state index is 13.6. The van der Waals surface area contributed by atoms with Crippen LogP contribution >= 0.6 is 0 Å². The fourth-order valence-electron chi connectivity index (χ4n) is 3.45. The number of carbonyl (C=O) groups excluding carboxylic acids is 2. The molecule has 0 bridgehead atoms. The summed E-state index contributed by atoms with van der Waals surface area (Å²) in [6, 6.07) is 10.7. The van der Waals surface area contributed by atoms with Gasteiger partial charge in [0, 0.05) is 31.1 Å². The molecule has 1 amide bonds. The van der Waals surface area contributed by atoms with Gasteiger partial charge in [0.2, 0.25) is 15.9 Å². The van der Waals surface area contributed by atoms with E-state index in [0.717, 1.165) is 0 Å². The van der Waals surface area contributed by atoms with Crippen LogP contribution in [0.4, 0.5) is 4.39 Å². The van der Waals surface area contributed by atoms with E-state index in [1.165, 1.54) is 41.6 Å². The number of nitrogens with zero attached hydrogens (tertiary/aromatic N) is 1. The molecule has 1 fully saturated rings. The van der Waals surface area contributed by atoms with Gasteiger partial charge in [-0.1, -0.05) is 24.3 Å². The zero-order chi connectivity index (χ0) is 21.9. The highest BCUT2D eigenvalue weighted by atomic mass is 32.2. The van der Waals surface area contributed by atoms with Gasteiger partial charge in [-0.05, 0) is 56.0 Å². The summed E-state index contributed by atoms with van der Waals surface area (Å²) in [5.74, 6) is -0.874. The Morgan fingerprint density at radius 2 is 1.73 bits per heavy atom. The predicted molar refractivity (Wildman–Crippen MR) is 111 cm³/mol. The number of carbonyl (C=O) groups is 2. The minimum Gasteiger partial charge on any atom is -0.352 e. The first-order valence-electron chi connectivity index (χ1n) is 9.82. The van der Waals surface area contributed by atoms with Gasteiger partial charge >= 0.3 is 0 Å². The van der Waals surface area contributed by atoms with Gasteiger partial charge in [0.05, 0.1) is 4.90 Å². The lowest BCUT2D eigenvalue weighted by atomic mass is 9.97. The normalized spacial score (nSPS) is 15.7. The van der Waals surface area contributed by atoms with E-state index in [-0.39, 0.29) is 48.0 Å². The molecule has 0 saturated carbocycles. The number of benzene rings is 2. The lowest BCUT2D eigenvalue weighted by Gasteiger charge is -2.30. The minimum absolute atomic E-state index is 0.126. The number of piperidine rings is 1. The van der Waals surface area contributed by atoms with Gasteiger partial charge < -0.3 is 5.32 Å². The summed E-state index contributed by atoms with van der Waals surface area (Å²) < 4.78 is 40.6. The van der Waals surface area contributed by atoms with Crippen LogP contribution in [0.1, 0.15) is 41.3 Å². The summed E-state index contributed by atoms with van der Waals surface area (Å²) in [5.41, 5.74) is 1.69. The molecular formula is C22H25FN2O4S. The quantitative estimate of drug-likeness (QED) is 0.711. The third kappa shape index (κ3) is 4.94. The molecule has 2 aromatic carbocycles. The Morgan fingerprint density at radius 3 is 2.30 bits per heavy atom. The molecule has 30 heavy (non-hydrogen) atoms. The van der Waals surface area contributed by atoms with Crippen LogP contribution in [-0.4, -0.2) is 37.5 Å². The number of nitrogens with one attached hydrogen (secondary N) is 1. The highest BCUT2D eigenvalue weighted by Crippen LogP contribution is 2.24. The molecule has 160 valence electrons. The van der Waals surface area contributed by atoms with Gasteiger partial charge in [0.1, 0.15) is 5.82 Å². The van der Waals surface area contributed by atoms with Crippen LogP contribution in [0.15, 0.2) is 47.4 Å². The molecule has 1 aliphatic heterocycles. The molecule has 0 atom stereocenters. The Kier molecular flexibility index (Phi) is 6.67. The largest absolute Gasteiger partial charge is 0.352 e. The fraction of sp³-hybridized carbons (Fsp3) is 0.364. The number of amides is 1. The number of hydrogen-bond acceptors (Lipinski definition) is 4. The van der Waals surface area contributed by atoms with E-state index in [1.54, 1.807) is 19.1 Å². The van der Waals surface area contributed by atoms with Crippen LogP contribution < -0.4 is 5.32 Å². The summed E-state index contributed by atoms with van der Waals surface area (Å²) in [6.45, 7) is 3.82. The predicted octanol–water partition coefficient (Wildman–Crippen LogP) is 3.05. The van der Waals surface area contributed by atoms with Crippen molar-refractivity contribution in [2.45, 2.75) is 38.1 Å². The Hall–Kier alpha value is -2.58. The fourth-order valence-corrected chi connectivity index (χ4v) is 4.92. The van der Waals surface area contributed by atoms with E-state index in [9.17, 15) is 22.4 Å². The summed E-state index contributed by atoms with van der Waals surface area (Å²) >= 11 is 0. The van der Waals surface area contributed by atoms with Crippen molar-refractivity contribution in [2.75, 3.05) is 13.1 Å². The summed E-state index contributed by atoms with van der Waals surface area (Å²) in [4.78, 5) is 23.9. The van der Waals surface area contributed by atoms with E-state index >= 15 is 0 Å². The number of halogens is 1. The third-order valence-corrected chi connectivity index (χ3v) is 7.34. The zero-order valence-electron chi connectivity index (χ0n) is 17.0. The molecule has 1 aliphatic rings. The average molecular weight is 433 g/mol. The summed E-state index contributed by atoms with van der Waals surface area (Å²) in [7, 11) is -3.67. The van der Waals surface area contributed by atoms with Crippen molar-refractivity contribution in [3.8, 4) is 0 Å². The molecule has 0 radical (unpaired) electrons. The number of rotatable bonds is 6. The molecule has 0 unspecified atom stereocenters. The SMILES string of the molecule is CC(=O)c1ccc(S(=O)(=O)N2CCC(C(=O)NCc3ccc(C)c(F)c3)CC2)cc1.